The molecule has 2 aliphatic heterocycles. The standard InChI is InChI=1S/C53H76N10O8/c1-31(55-6)47(66)61-46(53(2,3)4)52(71)63-30-37(26-43(63)51(70)60-41-23-13-17-33-15-8-10-21-39(33)41)58-49(68)35-19-11-18-34(24-35)48(67)57-36-25-42(62(29-36)45(65)28-56-44(64)27-54-5)50(69)59-40-22-12-16-32-14-7-9-20-38(32)40/h7-10,14-15,20-21,31,34-37,40-43,46,54-55H,11-13,16-19,22-30H2,1-6H3,(H,56,64)(H,57,67)(H,58,68)(H,59,69)(H,60,70)(H,61,66). The normalized spacial score (nSPS) is 25.9. The summed E-state index contributed by atoms with van der Waals surface area (Å²) in [6, 6.07) is 11.2. The molecule has 0 radical (unpaired) electrons. The molecule has 2 aromatic rings. The summed E-state index contributed by atoms with van der Waals surface area (Å²) in [7, 11) is 3.29. The van der Waals surface area contributed by atoms with E-state index in [0.29, 0.717) is 19.3 Å². The lowest BCUT2D eigenvalue weighted by Crippen LogP contribution is -2.59. The van der Waals surface area contributed by atoms with Gasteiger partial charge < -0.3 is 52.3 Å². The maximum Gasteiger partial charge on any atom is 0.246 e. The average Bonchev–Trinajstić information content (AvgIpc) is 3.99. The van der Waals surface area contributed by atoms with E-state index in [1.165, 1.54) is 20.9 Å². The Bertz CT molecular complexity index is 2300. The van der Waals surface area contributed by atoms with Crippen molar-refractivity contribution in [1.82, 2.24) is 52.3 Å². The first-order valence-electron chi connectivity index (χ1n) is 25.8. The molecule has 1 saturated carbocycles. The predicted octanol–water partition coefficient (Wildman–Crippen LogP) is 1.83. The minimum Gasteiger partial charge on any atom is -0.351 e. The van der Waals surface area contributed by atoms with Crippen molar-refractivity contribution in [3.05, 3.63) is 70.8 Å². The molecule has 7 rings (SSSR count). The van der Waals surface area contributed by atoms with Crippen LogP contribution in [-0.4, -0.2) is 134 Å². The Morgan fingerprint density at radius 3 is 1.63 bits per heavy atom. The summed E-state index contributed by atoms with van der Waals surface area (Å²) in [5, 5.41) is 23.9. The smallest absolute Gasteiger partial charge is 0.246 e. The zero-order valence-electron chi connectivity index (χ0n) is 42.4. The highest BCUT2D eigenvalue weighted by Crippen LogP contribution is 2.35. The van der Waals surface area contributed by atoms with Crippen LogP contribution in [0.1, 0.15) is 126 Å². The van der Waals surface area contributed by atoms with Gasteiger partial charge in [-0.3, -0.25) is 38.4 Å². The SMILES string of the molecule is CNCC(=O)NCC(=O)N1CC(NC(=O)C2CCCC(C(=O)NC3CC(C(=O)NC4CCCc5ccccc54)N(C(=O)C(NC(=O)C(C)NC)C(C)(C)C)C3)C2)CC1C(=O)NC1CCCc2ccccc21. The largest absolute Gasteiger partial charge is 0.351 e. The summed E-state index contributed by atoms with van der Waals surface area (Å²) in [6.07, 6.45) is 7.53. The number of fused-ring (bicyclic) bond motifs is 2. The van der Waals surface area contributed by atoms with Crippen molar-refractivity contribution < 1.29 is 38.4 Å². The molecular formula is C53H76N10O8. The van der Waals surface area contributed by atoms with Gasteiger partial charge in [-0.25, -0.2) is 0 Å². The minimum absolute atomic E-state index is 0.0274. The third-order valence-corrected chi connectivity index (χ3v) is 15.3. The number of aryl methyl sites for hydroxylation is 2. The van der Waals surface area contributed by atoms with Crippen molar-refractivity contribution in [1.29, 1.82) is 0 Å². The summed E-state index contributed by atoms with van der Waals surface area (Å²) in [5.74, 6) is -3.73. The number of carbonyl (C=O) groups is 8. The molecule has 18 nitrogen and oxygen atoms in total. The fraction of sp³-hybridized carbons (Fsp3) is 0.623. The van der Waals surface area contributed by atoms with E-state index in [0.717, 1.165) is 49.7 Å². The number of likely N-dealkylation sites (N-methyl/N-ethyl adjacent to an activating group) is 2. The molecule has 2 aromatic carbocycles. The highest BCUT2D eigenvalue weighted by Gasteiger charge is 2.47. The zero-order chi connectivity index (χ0) is 51.0. The van der Waals surface area contributed by atoms with Gasteiger partial charge in [0.15, 0.2) is 0 Å². The molecule has 18 heteroatoms. The fourth-order valence-corrected chi connectivity index (χ4v) is 11.3. The first kappa shape index (κ1) is 52.9. The number of carbonyl (C=O) groups excluding carboxylic acids is 8. The number of likely N-dealkylation sites (tertiary alicyclic amines) is 2. The summed E-state index contributed by atoms with van der Waals surface area (Å²) >= 11 is 0. The Morgan fingerprint density at radius 2 is 1.13 bits per heavy atom. The molecule has 3 aliphatic carbocycles. The third kappa shape index (κ3) is 13.0. The summed E-state index contributed by atoms with van der Waals surface area (Å²) in [4.78, 5) is 113. The predicted molar refractivity (Wildman–Crippen MR) is 267 cm³/mol. The lowest BCUT2D eigenvalue weighted by atomic mass is 9.80. The number of benzene rings is 2. The van der Waals surface area contributed by atoms with E-state index in [1.807, 2.05) is 57.2 Å². The van der Waals surface area contributed by atoms with Crippen LogP contribution < -0.4 is 42.5 Å². The average molecular weight is 981 g/mol. The van der Waals surface area contributed by atoms with Gasteiger partial charge in [0, 0.05) is 37.0 Å². The van der Waals surface area contributed by atoms with Gasteiger partial charge in [0.25, 0.3) is 0 Å². The Balaban J connectivity index is 1.01. The number of hydrogen-bond donors (Lipinski definition) is 8. The molecular weight excluding hydrogens is 905 g/mol. The van der Waals surface area contributed by atoms with E-state index >= 15 is 0 Å². The lowest BCUT2D eigenvalue weighted by Gasteiger charge is -2.36. The molecule has 0 aromatic heterocycles. The second-order valence-corrected chi connectivity index (χ2v) is 21.4. The van der Waals surface area contributed by atoms with Crippen molar-refractivity contribution in [2.45, 2.75) is 153 Å². The van der Waals surface area contributed by atoms with Gasteiger partial charge in [-0.2, -0.15) is 0 Å². The van der Waals surface area contributed by atoms with E-state index in [2.05, 4.69) is 54.7 Å². The molecule has 2 heterocycles. The Morgan fingerprint density at radius 1 is 0.620 bits per heavy atom. The van der Waals surface area contributed by atoms with Crippen molar-refractivity contribution in [3.63, 3.8) is 0 Å². The lowest BCUT2D eigenvalue weighted by molar-refractivity contribution is -0.144. The molecule has 10 unspecified atom stereocenters. The first-order valence-corrected chi connectivity index (χ1v) is 25.8. The number of nitrogens with zero attached hydrogens (tertiary/aromatic N) is 2. The van der Waals surface area contributed by atoms with Crippen molar-refractivity contribution in [2.24, 2.45) is 17.3 Å². The van der Waals surface area contributed by atoms with Crippen molar-refractivity contribution in [2.75, 3.05) is 40.3 Å². The highest BCUT2D eigenvalue weighted by molar-refractivity contribution is 5.95. The van der Waals surface area contributed by atoms with Crippen LogP contribution in [0.3, 0.4) is 0 Å². The molecule has 0 spiro atoms. The number of rotatable bonds is 16. The van der Waals surface area contributed by atoms with E-state index in [-0.39, 0.29) is 93.0 Å². The molecule has 3 fully saturated rings. The maximum absolute atomic E-state index is 14.7. The van der Waals surface area contributed by atoms with E-state index in [1.54, 1.807) is 21.0 Å². The van der Waals surface area contributed by atoms with Crippen LogP contribution in [0.4, 0.5) is 0 Å². The van der Waals surface area contributed by atoms with Gasteiger partial charge in [-0.05, 0) is 119 Å². The Kier molecular flexibility index (Phi) is 17.6. The van der Waals surface area contributed by atoms with Gasteiger partial charge >= 0.3 is 0 Å². The minimum atomic E-state index is -0.961. The van der Waals surface area contributed by atoms with Crippen LogP contribution >= 0.6 is 0 Å². The second kappa shape index (κ2) is 23.6. The van der Waals surface area contributed by atoms with Crippen LogP contribution in [0, 0.1) is 17.3 Å². The number of amides is 8. The topological polar surface area (TPSA) is 239 Å². The summed E-state index contributed by atoms with van der Waals surface area (Å²) in [6.45, 7) is 7.16. The molecule has 8 amide bonds. The van der Waals surface area contributed by atoms with Crippen LogP contribution in [0.15, 0.2) is 48.5 Å². The van der Waals surface area contributed by atoms with Crippen LogP contribution in [0.25, 0.3) is 0 Å². The second-order valence-electron chi connectivity index (χ2n) is 21.4. The number of hydrogen-bond acceptors (Lipinski definition) is 10. The van der Waals surface area contributed by atoms with Gasteiger partial charge in [0.2, 0.25) is 47.3 Å². The molecule has 8 N–H and O–H groups in total. The van der Waals surface area contributed by atoms with Gasteiger partial charge in [-0.1, -0.05) is 75.7 Å². The molecule has 10 atom stereocenters. The van der Waals surface area contributed by atoms with Crippen molar-refractivity contribution in [3.8, 4) is 0 Å². The van der Waals surface area contributed by atoms with Gasteiger partial charge in [0.05, 0.1) is 31.2 Å². The third-order valence-electron chi connectivity index (χ3n) is 15.3. The summed E-state index contributed by atoms with van der Waals surface area (Å²) in [5.41, 5.74) is 3.76. The molecule has 386 valence electrons. The highest BCUT2D eigenvalue weighted by atomic mass is 16.2. The van der Waals surface area contributed by atoms with E-state index in [4.69, 9.17) is 0 Å². The Labute approximate surface area is 418 Å². The molecule has 2 saturated heterocycles. The quantitative estimate of drug-likeness (QED) is 0.122. The fourth-order valence-electron chi connectivity index (χ4n) is 11.3. The summed E-state index contributed by atoms with van der Waals surface area (Å²) < 4.78 is 0. The first-order chi connectivity index (χ1) is 33.9. The maximum atomic E-state index is 14.7. The van der Waals surface area contributed by atoms with Gasteiger partial charge in [0.1, 0.15) is 18.1 Å². The van der Waals surface area contributed by atoms with Crippen LogP contribution in [0.5, 0.6) is 0 Å². The van der Waals surface area contributed by atoms with Crippen LogP contribution in [0.2, 0.25) is 0 Å². The molecule has 0 bridgehead atoms. The molecule has 71 heavy (non-hydrogen) atoms. The van der Waals surface area contributed by atoms with Gasteiger partial charge in [-0.15, -0.1) is 0 Å². The van der Waals surface area contributed by atoms with E-state index in [9.17, 15) is 38.4 Å². The Hall–Kier alpha value is -5.88. The van der Waals surface area contributed by atoms with E-state index < -0.39 is 65.3 Å². The monoisotopic (exact) mass is 981 g/mol. The molecule has 5 aliphatic rings. The number of nitrogens with one attached hydrogen (secondary N) is 8. The van der Waals surface area contributed by atoms with Crippen LogP contribution in [-0.2, 0) is 51.2 Å². The zero-order valence-corrected chi connectivity index (χ0v) is 42.4. The van der Waals surface area contributed by atoms with Crippen molar-refractivity contribution >= 4 is 47.3 Å².